The largest absolute Gasteiger partial charge is 0.468 e. The summed E-state index contributed by atoms with van der Waals surface area (Å²) in [6.45, 7) is -0.0387. The summed E-state index contributed by atoms with van der Waals surface area (Å²) in [5.41, 5.74) is 0.804. The van der Waals surface area contributed by atoms with Crippen molar-refractivity contribution in [1.82, 2.24) is 0 Å². The lowest BCUT2D eigenvalue weighted by atomic mass is 10.2. The summed E-state index contributed by atoms with van der Waals surface area (Å²) in [5, 5.41) is 9.11. The predicted octanol–water partition coefficient (Wildman–Crippen LogP) is 2.21. The second-order valence-electron chi connectivity index (χ2n) is 2.77. The molecule has 0 saturated heterocycles. The van der Waals surface area contributed by atoms with Crippen LogP contribution in [0.4, 0.5) is 0 Å². The standard InChI is InChI=1S/C10H11BrO3S/c1-14-10(13)6-15-9-3-2-8(11)4-7(9)5-12/h2-4,12H,5-6H2,1H3. The highest BCUT2D eigenvalue weighted by molar-refractivity contribution is 9.10. The molecule has 1 rings (SSSR count). The van der Waals surface area contributed by atoms with Crippen molar-refractivity contribution in [2.45, 2.75) is 11.5 Å². The van der Waals surface area contributed by atoms with Crippen LogP contribution in [-0.2, 0) is 16.1 Å². The van der Waals surface area contributed by atoms with Crippen LogP contribution in [-0.4, -0.2) is 23.9 Å². The van der Waals surface area contributed by atoms with Gasteiger partial charge in [0.2, 0.25) is 0 Å². The molecule has 0 radical (unpaired) electrons. The van der Waals surface area contributed by atoms with Gasteiger partial charge >= 0.3 is 5.97 Å². The molecular weight excluding hydrogens is 280 g/mol. The Labute approximate surface area is 101 Å². The predicted molar refractivity (Wildman–Crippen MR) is 62.8 cm³/mol. The van der Waals surface area contributed by atoms with E-state index in [1.807, 2.05) is 18.2 Å². The molecule has 1 N–H and O–H groups in total. The van der Waals surface area contributed by atoms with E-state index in [4.69, 9.17) is 5.11 Å². The molecule has 0 fully saturated rings. The Bertz CT molecular complexity index is 355. The molecule has 1 aromatic rings. The van der Waals surface area contributed by atoms with Crippen LogP contribution in [0.1, 0.15) is 5.56 Å². The van der Waals surface area contributed by atoms with Gasteiger partial charge in [0.25, 0.3) is 0 Å². The number of ether oxygens (including phenoxy) is 1. The third-order valence-electron chi connectivity index (χ3n) is 1.77. The zero-order valence-corrected chi connectivity index (χ0v) is 10.6. The van der Waals surface area contributed by atoms with Crippen molar-refractivity contribution in [2.24, 2.45) is 0 Å². The summed E-state index contributed by atoms with van der Waals surface area (Å²) in [7, 11) is 1.36. The van der Waals surface area contributed by atoms with Gasteiger partial charge in [0.05, 0.1) is 19.5 Å². The normalized spacial score (nSPS) is 10.1. The number of thioether (sulfide) groups is 1. The van der Waals surface area contributed by atoms with Crippen molar-refractivity contribution >= 4 is 33.7 Å². The topological polar surface area (TPSA) is 46.5 Å². The Morgan fingerprint density at radius 2 is 2.33 bits per heavy atom. The minimum absolute atomic E-state index is 0.0387. The number of halogens is 1. The van der Waals surface area contributed by atoms with Gasteiger partial charge in [0.15, 0.2) is 0 Å². The average molecular weight is 291 g/mol. The molecule has 0 aliphatic rings. The van der Waals surface area contributed by atoms with E-state index in [0.717, 1.165) is 14.9 Å². The van der Waals surface area contributed by atoms with Gasteiger partial charge in [0, 0.05) is 9.37 Å². The molecule has 0 heterocycles. The number of benzene rings is 1. The first-order valence-electron chi connectivity index (χ1n) is 4.26. The Kier molecular flexibility index (Phi) is 5.14. The van der Waals surface area contributed by atoms with Gasteiger partial charge in [-0.2, -0.15) is 0 Å². The summed E-state index contributed by atoms with van der Waals surface area (Å²) in [6, 6.07) is 5.57. The highest BCUT2D eigenvalue weighted by atomic mass is 79.9. The van der Waals surface area contributed by atoms with Crippen LogP contribution in [0.25, 0.3) is 0 Å². The molecule has 82 valence electrons. The molecule has 0 saturated carbocycles. The van der Waals surface area contributed by atoms with E-state index in [9.17, 15) is 4.79 Å². The van der Waals surface area contributed by atoms with E-state index in [-0.39, 0.29) is 18.3 Å². The lowest BCUT2D eigenvalue weighted by Gasteiger charge is -2.06. The molecule has 0 unspecified atom stereocenters. The lowest BCUT2D eigenvalue weighted by Crippen LogP contribution is -2.03. The van der Waals surface area contributed by atoms with Gasteiger partial charge in [-0.1, -0.05) is 15.9 Å². The minimum atomic E-state index is -0.271. The Balaban J connectivity index is 2.72. The summed E-state index contributed by atoms with van der Waals surface area (Å²) in [6.07, 6.45) is 0. The van der Waals surface area contributed by atoms with Gasteiger partial charge in [-0.3, -0.25) is 4.79 Å². The molecule has 0 bridgehead atoms. The lowest BCUT2D eigenvalue weighted by molar-refractivity contribution is -0.137. The summed E-state index contributed by atoms with van der Waals surface area (Å²) >= 11 is 4.68. The SMILES string of the molecule is COC(=O)CSc1ccc(Br)cc1CO. The summed E-state index contributed by atoms with van der Waals surface area (Å²) in [4.78, 5) is 11.8. The number of aliphatic hydroxyl groups excluding tert-OH is 1. The van der Waals surface area contributed by atoms with Gasteiger partial charge < -0.3 is 9.84 Å². The number of esters is 1. The molecule has 5 heteroatoms. The number of rotatable bonds is 4. The van der Waals surface area contributed by atoms with Crippen LogP contribution in [0.2, 0.25) is 0 Å². The number of carbonyl (C=O) groups is 1. The summed E-state index contributed by atoms with van der Waals surface area (Å²) < 4.78 is 5.45. The molecule has 15 heavy (non-hydrogen) atoms. The first kappa shape index (κ1) is 12.5. The fourth-order valence-corrected chi connectivity index (χ4v) is 2.28. The van der Waals surface area contributed by atoms with Crippen molar-refractivity contribution < 1.29 is 14.6 Å². The smallest absolute Gasteiger partial charge is 0.315 e. The maximum absolute atomic E-state index is 10.9. The molecule has 0 atom stereocenters. The second kappa shape index (κ2) is 6.15. The number of hydrogen-bond donors (Lipinski definition) is 1. The van der Waals surface area contributed by atoms with Crippen molar-refractivity contribution in [3.05, 3.63) is 28.2 Å². The maximum atomic E-state index is 10.9. The van der Waals surface area contributed by atoms with E-state index in [2.05, 4.69) is 20.7 Å². The number of hydrogen-bond acceptors (Lipinski definition) is 4. The van der Waals surface area contributed by atoms with Crippen molar-refractivity contribution in [3.8, 4) is 0 Å². The molecule has 0 aromatic heterocycles. The monoisotopic (exact) mass is 290 g/mol. The first-order chi connectivity index (χ1) is 7.17. The van der Waals surface area contributed by atoms with Crippen LogP contribution in [0.5, 0.6) is 0 Å². The molecule has 1 aromatic carbocycles. The zero-order chi connectivity index (χ0) is 11.3. The van der Waals surface area contributed by atoms with Crippen LogP contribution < -0.4 is 0 Å². The van der Waals surface area contributed by atoms with E-state index >= 15 is 0 Å². The fraction of sp³-hybridized carbons (Fsp3) is 0.300. The van der Waals surface area contributed by atoms with Crippen molar-refractivity contribution in [3.63, 3.8) is 0 Å². The minimum Gasteiger partial charge on any atom is -0.468 e. The van der Waals surface area contributed by atoms with Gasteiger partial charge in [-0.15, -0.1) is 11.8 Å². The second-order valence-corrected chi connectivity index (χ2v) is 4.71. The van der Waals surface area contributed by atoms with E-state index in [1.165, 1.54) is 18.9 Å². The van der Waals surface area contributed by atoms with Crippen LogP contribution in [0.3, 0.4) is 0 Å². The number of carbonyl (C=O) groups excluding carboxylic acids is 1. The van der Waals surface area contributed by atoms with E-state index in [1.54, 1.807) is 0 Å². The molecule has 0 amide bonds. The maximum Gasteiger partial charge on any atom is 0.315 e. The molecule has 0 aliphatic heterocycles. The third kappa shape index (κ3) is 3.85. The van der Waals surface area contributed by atoms with Gasteiger partial charge in [-0.25, -0.2) is 0 Å². The highest BCUT2D eigenvalue weighted by Gasteiger charge is 2.06. The fourth-order valence-electron chi connectivity index (χ4n) is 1.01. The Morgan fingerprint density at radius 3 is 2.93 bits per heavy atom. The molecule has 0 aliphatic carbocycles. The van der Waals surface area contributed by atoms with E-state index in [0.29, 0.717) is 0 Å². The van der Waals surface area contributed by atoms with Crippen molar-refractivity contribution in [2.75, 3.05) is 12.9 Å². The zero-order valence-electron chi connectivity index (χ0n) is 8.20. The Hall–Kier alpha value is -0.520. The van der Waals surface area contributed by atoms with Crippen LogP contribution >= 0.6 is 27.7 Å². The average Bonchev–Trinajstić information content (AvgIpc) is 2.26. The number of aliphatic hydroxyl groups is 1. The molecular formula is C10H11BrO3S. The van der Waals surface area contributed by atoms with Gasteiger partial charge in [-0.05, 0) is 23.8 Å². The third-order valence-corrected chi connectivity index (χ3v) is 3.35. The van der Waals surface area contributed by atoms with Crippen LogP contribution in [0.15, 0.2) is 27.6 Å². The molecule has 3 nitrogen and oxygen atoms in total. The Morgan fingerprint density at radius 1 is 1.60 bits per heavy atom. The quantitative estimate of drug-likeness (QED) is 0.682. The highest BCUT2D eigenvalue weighted by Crippen LogP contribution is 2.26. The van der Waals surface area contributed by atoms with E-state index < -0.39 is 0 Å². The van der Waals surface area contributed by atoms with Crippen LogP contribution in [0, 0.1) is 0 Å². The summed E-state index contributed by atoms with van der Waals surface area (Å²) in [5.74, 6) is -0.0164. The van der Waals surface area contributed by atoms with Crippen molar-refractivity contribution in [1.29, 1.82) is 0 Å². The van der Waals surface area contributed by atoms with Gasteiger partial charge in [0.1, 0.15) is 0 Å². The number of methoxy groups -OCH3 is 1. The molecule has 0 spiro atoms. The first-order valence-corrected chi connectivity index (χ1v) is 6.04.